The quantitative estimate of drug-likeness (QED) is 0.801. The molecule has 1 saturated heterocycles. The first-order valence-electron chi connectivity index (χ1n) is 5.28. The van der Waals surface area contributed by atoms with Crippen LogP contribution >= 0.6 is 22.6 Å². The smallest absolute Gasteiger partial charge is 0.266 e. The molecule has 2 N–H and O–H groups in total. The zero-order valence-electron chi connectivity index (χ0n) is 9.00. The maximum absolute atomic E-state index is 11.4. The van der Waals surface area contributed by atoms with E-state index in [9.17, 15) is 4.79 Å². The van der Waals surface area contributed by atoms with Crippen molar-refractivity contribution in [3.63, 3.8) is 0 Å². The Labute approximate surface area is 107 Å². The van der Waals surface area contributed by atoms with Crippen LogP contribution in [0.5, 0.6) is 0 Å². The molecule has 0 spiro atoms. The second kappa shape index (κ2) is 5.13. The van der Waals surface area contributed by atoms with Crippen molar-refractivity contribution >= 4 is 28.4 Å². The molecule has 1 aliphatic heterocycles. The van der Waals surface area contributed by atoms with Gasteiger partial charge >= 0.3 is 0 Å². The summed E-state index contributed by atoms with van der Waals surface area (Å²) in [6, 6.07) is 0.339. The van der Waals surface area contributed by atoms with Crippen LogP contribution in [0, 0.1) is 3.57 Å². The van der Waals surface area contributed by atoms with Gasteiger partial charge in [0, 0.05) is 12.6 Å². The van der Waals surface area contributed by atoms with E-state index < -0.39 is 0 Å². The summed E-state index contributed by atoms with van der Waals surface area (Å²) in [5.41, 5.74) is -0.0989. The lowest BCUT2D eigenvalue weighted by atomic mass is 10.0. The maximum Gasteiger partial charge on any atom is 0.266 e. The lowest BCUT2D eigenvalue weighted by Crippen LogP contribution is -2.33. The highest BCUT2D eigenvalue weighted by Crippen LogP contribution is 2.18. The van der Waals surface area contributed by atoms with E-state index in [1.807, 2.05) is 22.6 Å². The fourth-order valence-corrected chi connectivity index (χ4v) is 2.26. The van der Waals surface area contributed by atoms with Crippen LogP contribution in [0.2, 0.25) is 0 Å². The molecule has 0 radical (unpaired) electrons. The summed E-state index contributed by atoms with van der Waals surface area (Å²) in [7, 11) is 0. The first kappa shape index (κ1) is 11.8. The van der Waals surface area contributed by atoms with Gasteiger partial charge in [0.1, 0.15) is 9.39 Å². The standard InChI is InChI=1S/C10H14IN3O2/c1-6-4-7(2-3-16-6)14-9-8(11)10(15)13-5-12-9/h5-7H,2-4H2,1H3,(H2,12,13,14,15). The van der Waals surface area contributed by atoms with E-state index in [0.717, 1.165) is 19.4 Å². The Morgan fingerprint density at radius 1 is 1.69 bits per heavy atom. The molecule has 5 nitrogen and oxygen atoms in total. The molecule has 88 valence electrons. The topological polar surface area (TPSA) is 67.0 Å². The van der Waals surface area contributed by atoms with Crippen LogP contribution in [0.1, 0.15) is 19.8 Å². The number of nitrogens with zero attached hydrogens (tertiary/aromatic N) is 1. The molecule has 0 aliphatic carbocycles. The van der Waals surface area contributed by atoms with Crippen LogP contribution in [0.15, 0.2) is 11.1 Å². The number of rotatable bonds is 2. The van der Waals surface area contributed by atoms with E-state index in [1.54, 1.807) is 0 Å². The summed E-state index contributed by atoms with van der Waals surface area (Å²) in [5.74, 6) is 0.670. The summed E-state index contributed by atoms with van der Waals surface area (Å²) >= 11 is 2.01. The van der Waals surface area contributed by atoms with E-state index in [-0.39, 0.29) is 11.7 Å². The van der Waals surface area contributed by atoms with Crippen LogP contribution in [-0.4, -0.2) is 28.7 Å². The van der Waals surface area contributed by atoms with Crippen molar-refractivity contribution in [2.24, 2.45) is 0 Å². The van der Waals surface area contributed by atoms with E-state index in [1.165, 1.54) is 6.33 Å². The molecule has 1 aliphatic rings. The minimum absolute atomic E-state index is 0.0989. The molecule has 0 saturated carbocycles. The van der Waals surface area contributed by atoms with Crippen LogP contribution in [0.25, 0.3) is 0 Å². The van der Waals surface area contributed by atoms with Crippen molar-refractivity contribution in [1.29, 1.82) is 0 Å². The predicted molar refractivity (Wildman–Crippen MR) is 69.6 cm³/mol. The van der Waals surface area contributed by atoms with Crippen LogP contribution in [0.3, 0.4) is 0 Å². The van der Waals surface area contributed by atoms with Gasteiger partial charge < -0.3 is 15.0 Å². The number of aromatic amines is 1. The molecule has 2 rings (SSSR count). The molecule has 2 unspecified atom stereocenters. The second-order valence-electron chi connectivity index (χ2n) is 3.94. The van der Waals surface area contributed by atoms with E-state index >= 15 is 0 Å². The number of aromatic nitrogens is 2. The molecule has 2 atom stereocenters. The zero-order valence-corrected chi connectivity index (χ0v) is 11.2. The number of ether oxygens (including phenoxy) is 1. The predicted octanol–water partition coefficient (Wildman–Crippen LogP) is 1.35. The number of hydrogen-bond donors (Lipinski definition) is 2. The molecule has 1 aromatic heterocycles. The summed E-state index contributed by atoms with van der Waals surface area (Å²) in [6.07, 6.45) is 3.60. The van der Waals surface area contributed by atoms with Crippen molar-refractivity contribution < 1.29 is 4.74 Å². The van der Waals surface area contributed by atoms with E-state index in [4.69, 9.17) is 4.74 Å². The number of halogens is 1. The minimum Gasteiger partial charge on any atom is -0.378 e. The van der Waals surface area contributed by atoms with Gasteiger partial charge in [0.25, 0.3) is 5.56 Å². The average Bonchev–Trinajstić information content (AvgIpc) is 2.25. The Morgan fingerprint density at radius 2 is 2.50 bits per heavy atom. The Bertz CT molecular complexity index is 421. The van der Waals surface area contributed by atoms with Crippen molar-refractivity contribution in [3.05, 3.63) is 20.3 Å². The van der Waals surface area contributed by atoms with E-state index in [2.05, 4.69) is 22.2 Å². The van der Waals surface area contributed by atoms with Gasteiger partial charge in [-0.1, -0.05) is 0 Å². The highest BCUT2D eigenvalue weighted by Gasteiger charge is 2.20. The van der Waals surface area contributed by atoms with Gasteiger partial charge in [-0.15, -0.1) is 0 Å². The molecule has 0 aromatic carbocycles. The third-order valence-electron chi connectivity index (χ3n) is 2.62. The Morgan fingerprint density at radius 3 is 3.25 bits per heavy atom. The number of nitrogens with one attached hydrogen (secondary N) is 2. The number of hydrogen-bond acceptors (Lipinski definition) is 4. The molecule has 0 amide bonds. The summed E-state index contributed by atoms with van der Waals surface area (Å²) in [5, 5.41) is 3.30. The molecular weight excluding hydrogens is 321 g/mol. The minimum atomic E-state index is -0.0989. The molecule has 2 heterocycles. The van der Waals surface area contributed by atoms with Crippen molar-refractivity contribution in [3.8, 4) is 0 Å². The Hall–Kier alpha value is -0.630. The van der Waals surface area contributed by atoms with Crippen LogP contribution in [0.4, 0.5) is 5.82 Å². The SMILES string of the molecule is CC1CC(Nc2nc[nH]c(=O)c2I)CCO1. The molecule has 1 fully saturated rings. The Balaban J connectivity index is 2.08. The van der Waals surface area contributed by atoms with Gasteiger partial charge in [0.2, 0.25) is 0 Å². The fourth-order valence-electron chi connectivity index (χ4n) is 1.81. The molecular formula is C10H14IN3O2. The maximum atomic E-state index is 11.4. The van der Waals surface area contributed by atoms with Crippen LogP contribution < -0.4 is 10.9 Å². The summed E-state index contributed by atoms with van der Waals surface area (Å²) in [4.78, 5) is 18.1. The van der Waals surface area contributed by atoms with E-state index in [0.29, 0.717) is 15.4 Å². The largest absolute Gasteiger partial charge is 0.378 e. The summed E-state index contributed by atoms with van der Waals surface area (Å²) in [6.45, 7) is 2.82. The average molecular weight is 335 g/mol. The number of H-pyrrole nitrogens is 1. The van der Waals surface area contributed by atoms with Gasteiger partial charge in [-0.25, -0.2) is 4.98 Å². The van der Waals surface area contributed by atoms with Gasteiger partial charge in [-0.2, -0.15) is 0 Å². The van der Waals surface area contributed by atoms with Gasteiger partial charge in [-0.05, 0) is 42.4 Å². The van der Waals surface area contributed by atoms with Gasteiger partial charge in [0.15, 0.2) is 0 Å². The first-order chi connectivity index (χ1) is 7.66. The molecule has 16 heavy (non-hydrogen) atoms. The summed E-state index contributed by atoms with van der Waals surface area (Å²) < 4.78 is 6.08. The third kappa shape index (κ3) is 2.73. The lowest BCUT2D eigenvalue weighted by molar-refractivity contribution is 0.0231. The highest BCUT2D eigenvalue weighted by molar-refractivity contribution is 14.1. The molecule has 1 aromatic rings. The van der Waals surface area contributed by atoms with Crippen molar-refractivity contribution in [1.82, 2.24) is 9.97 Å². The number of anilines is 1. The molecule has 6 heteroatoms. The lowest BCUT2D eigenvalue weighted by Gasteiger charge is -2.28. The van der Waals surface area contributed by atoms with Gasteiger partial charge in [-0.3, -0.25) is 4.79 Å². The normalized spacial score (nSPS) is 25.4. The second-order valence-corrected chi connectivity index (χ2v) is 5.02. The van der Waals surface area contributed by atoms with Gasteiger partial charge in [0.05, 0.1) is 12.4 Å². The zero-order chi connectivity index (χ0) is 11.5. The van der Waals surface area contributed by atoms with Crippen molar-refractivity contribution in [2.75, 3.05) is 11.9 Å². The highest BCUT2D eigenvalue weighted by atomic mass is 127. The van der Waals surface area contributed by atoms with Crippen molar-refractivity contribution in [2.45, 2.75) is 31.9 Å². The third-order valence-corrected chi connectivity index (χ3v) is 3.62. The fraction of sp³-hybridized carbons (Fsp3) is 0.600. The molecule has 0 bridgehead atoms. The first-order valence-corrected chi connectivity index (χ1v) is 6.36. The van der Waals surface area contributed by atoms with Crippen LogP contribution in [-0.2, 0) is 4.74 Å². The monoisotopic (exact) mass is 335 g/mol. The Kier molecular flexibility index (Phi) is 3.80.